The Morgan fingerprint density at radius 2 is 1.93 bits per heavy atom. The van der Waals surface area contributed by atoms with Gasteiger partial charge in [-0.15, -0.1) is 0 Å². The second kappa shape index (κ2) is 9.53. The van der Waals surface area contributed by atoms with E-state index in [2.05, 4.69) is 15.6 Å². The Hall–Kier alpha value is -2.38. The summed E-state index contributed by atoms with van der Waals surface area (Å²) in [6.45, 7) is 5.34. The van der Waals surface area contributed by atoms with Crippen molar-refractivity contribution in [1.82, 2.24) is 15.5 Å². The van der Waals surface area contributed by atoms with Gasteiger partial charge in [-0.05, 0) is 53.9 Å². The Bertz CT molecular complexity index is 753. The van der Waals surface area contributed by atoms with Crippen LogP contribution in [0.4, 0.5) is 0 Å². The van der Waals surface area contributed by atoms with Gasteiger partial charge in [0.15, 0.2) is 5.96 Å². The Morgan fingerprint density at radius 3 is 2.48 bits per heavy atom. The Morgan fingerprint density at radius 1 is 1.22 bits per heavy atom. The first-order valence-corrected chi connectivity index (χ1v) is 9.85. The first-order valence-electron chi connectivity index (χ1n) is 8.91. The van der Waals surface area contributed by atoms with Crippen molar-refractivity contribution in [3.63, 3.8) is 0 Å². The lowest BCUT2D eigenvalue weighted by molar-refractivity contribution is 0.0621. The molecule has 2 aromatic rings. The van der Waals surface area contributed by atoms with Crippen LogP contribution in [0.3, 0.4) is 0 Å². The molecule has 3 N–H and O–H groups in total. The summed E-state index contributed by atoms with van der Waals surface area (Å²) in [6.07, 6.45) is 0. The van der Waals surface area contributed by atoms with E-state index in [0.29, 0.717) is 24.6 Å². The monoisotopic (exact) mass is 388 g/mol. The highest BCUT2D eigenvalue weighted by Gasteiger charge is 2.23. The normalized spacial score (nSPS) is 13.7. The number of carbonyl (C=O) groups is 1. The summed E-state index contributed by atoms with van der Waals surface area (Å²) in [5, 5.41) is 20.9. The summed E-state index contributed by atoms with van der Waals surface area (Å²) >= 11 is 1.56. The van der Waals surface area contributed by atoms with E-state index in [1.807, 2.05) is 48.0 Å². The molecule has 1 unspecified atom stereocenters. The summed E-state index contributed by atoms with van der Waals surface area (Å²) in [5.41, 5.74) is 1.58. The molecule has 2 rings (SSSR count). The third kappa shape index (κ3) is 6.08. The minimum Gasteiger partial charge on any atom is -0.384 e. The van der Waals surface area contributed by atoms with Crippen molar-refractivity contribution in [3.8, 4) is 0 Å². The maximum atomic E-state index is 11.9. The van der Waals surface area contributed by atoms with Gasteiger partial charge in [0.2, 0.25) is 0 Å². The number of amides is 1. The Kier molecular flexibility index (Phi) is 7.38. The molecule has 0 radical (unpaired) electrons. The molecule has 1 amide bonds. The minimum absolute atomic E-state index is 0.0179. The number of hydrogen-bond donors (Lipinski definition) is 3. The van der Waals surface area contributed by atoms with Crippen molar-refractivity contribution in [3.05, 3.63) is 57.8 Å². The molecule has 0 saturated heterocycles. The summed E-state index contributed by atoms with van der Waals surface area (Å²) in [6, 6.07) is 9.37. The second-order valence-electron chi connectivity index (χ2n) is 6.73. The summed E-state index contributed by atoms with van der Waals surface area (Å²) in [4.78, 5) is 18.1. The molecule has 1 heterocycles. The highest BCUT2D eigenvalue weighted by Crippen LogP contribution is 2.21. The van der Waals surface area contributed by atoms with Crippen molar-refractivity contribution in [1.29, 1.82) is 0 Å². The molecule has 6 nitrogen and oxygen atoms in total. The summed E-state index contributed by atoms with van der Waals surface area (Å²) < 4.78 is 0. The maximum absolute atomic E-state index is 11.9. The van der Waals surface area contributed by atoms with Crippen molar-refractivity contribution in [2.75, 3.05) is 27.2 Å². The van der Waals surface area contributed by atoms with E-state index < -0.39 is 5.60 Å². The van der Waals surface area contributed by atoms with Crippen molar-refractivity contribution >= 4 is 23.2 Å². The lowest BCUT2D eigenvalue weighted by Gasteiger charge is -2.24. The van der Waals surface area contributed by atoms with Crippen LogP contribution in [0.5, 0.6) is 0 Å². The smallest absolute Gasteiger partial charge is 0.253 e. The van der Waals surface area contributed by atoms with Crippen LogP contribution in [-0.2, 0) is 12.1 Å². The van der Waals surface area contributed by atoms with Crippen molar-refractivity contribution in [2.45, 2.75) is 26.0 Å². The molecule has 27 heavy (non-hydrogen) atoms. The van der Waals surface area contributed by atoms with Gasteiger partial charge in [-0.2, -0.15) is 11.3 Å². The average molecular weight is 389 g/mol. The van der Waals surface area contributed by atoms with Gasteiger partial charge in [0.05, 0.1) is 13.1 Å². The molecule has 7 heteroatoms. The SMILES string of the molecule is CCNC(=NCc1ccc(C(=O)N(C)C)cc1)NCC(C)(O)c1ccsc1. The number of hydrogen-bond acceptors (Lipinski definition) is 4. The molecule has 0 aliphatic carbocycles. The molecule has 1 atom stereocenters. The molecule has 0 fully saturated rings. The molecule has 146 valence electrons. The fraction of sp³-hybridized carbons (Fsp3) is 0.400. The van der Waals surface area contributed by atoms with Gasteiger partial charge in [0.1, 0.15) is 5.60 Å². The van der Waals surface area contributed by atoms with Crippen LogP contribution in [0.25, 0.3) is 0 Å². The predicted octanol–water partition coefficient (Wildman–Crippen LogP) is 2.41. The zero-order valence-corrected chi connectivity index (χ0v) is 17.1. The van der Waals surface area contributed by atoms with Crippen LogP contribution in [0.15, 0.2) is 46.1 Å². The van der Waals surface area contributed by atoms with Crippen LogP contribution < -0.4 is 10.6 Å². The van der Waals surface area contributed by atoms with E-state index in [-0.39, 0.29) is 5.91 Å². The van der Waals surface area contributed by atoms with E-state index in [1.54, 1.807) is 37.3 Å². The predicted molar refractivity (Wildman–Crippen MR) is 111 cm³/mol. The third-order valence-corrected chi connectivity index (χ3v) is 4.80. The molecule has 0 bridgehead atoms. The highest BCUT2D eigenvalue weighted by atomic mass is 32.1. The van der Waals surface area contributed by atoms with E-state index in [4.69, 9.17) is 0 Å². The second-order valence-corrected chi connectivity index (χ2v) is 7.51. The van der Waals surface area contributed by atoms with Gasteiger partial charge in [-0.25, -0.2) is 4.99 Å². The fourth-order valence-corrected chi connectivity index (χ4v) is 3.23. The number of benzene rings is 1. The van der Waals surface area contributed by atoms with Gasteiger partial charge in [0.25, 0.3) is 5.91 Å². The first-order chi connectivity index (χ1) is 12.8. The topological polar surface area (TPSA) is 77.0 Å². The summed E-state index contributed by atoms with van der Waals surface area (Å²) in [7, 11) is 3.47. The van der Waals surface area contributed by atoms with Crippen LogP contribution in [0.1, 0.15) is 35.3 Å². The van der Waals surface area contributed by atoms with E-state index in [1.165, 1.54) is 0 Å². The van der Waals surface area contributed by atoms with Crippen LogP contribution in [0.2, 0.25) is 0 Å². The van der Waals surface area contributed by atoms with E-state index >= 15 is 0 Å². The van der Waals surface area contributed by atoms with Gasteiger partial charge < -0.3 is 20.6 Å². The quantitative estimate of drug-likeness (QED) is 0.503. The molecule has 1 aromatic carbocycles. The molecule has 0 aliphatic rings. The highest BCUT2D eigenvalue weighted by molar-refractivity contribution is 7.08. The van der Waals surface area contributed by atoms with E-state index in [9.17, 15) is 9.90 Å². The zero-order valence-electron chi connectivity index (χ0n) is 16.3. The number of rotatable bonds is 7. The summed E-state index contributed by atoms with van der Waals surface area (Å²) in [5.74, 6) is 0.622. The number of guanidine groups is 1. The molecule has 0 saturated carbocycles. The van der Waals surface area contributed by atoms with E-state index in [0.717, 1.165) is 17.7 Å². The number of carbonyl (C=O) groups excluding carboxylic acids is 1. The minimum atomic E-state index is -0.968. The van der Waals surface area contributed by atoms with Gasteiger partial charge in [-0.3, -0.25) is 4.79 Å². The Balaban J connectivity index is 1.99. The van der Waals surface area contributed by atoms with Crippen LogP contribution in [-0.4, -0.2) is 49.1 Å². The van der Waals surface area contributed by atoms with Gasteiger partial charge >= 0.3 is 0 Å². The maximum Gasteiger partial charge on any atom is 0.253 e. The molecule has 1 aromatic heterocycles. The zero-order chi connectivity index (χ0) is 19.9. The largest absolute Gasteiger partial charge is 0.384 e. The van der Waals surface area contributed by atoms with Crippen LogP contribution in [0, 0.1) is 0 Å². The number of aliphatic imine (C=N–C) groups is 1. The molecule has 0 spiro atoms. The molecular formula is C20H28N4O2S. The molecular weight excluding hydrogens is 360 g/mol. The fourth-order valence-electron chi connectivity index (χ4n) is 2.45. The standard InChI is InChI=1S/C20H28N4O2S/c1-5-21-19(23-14-20(2,26)17-10-11-27-13-17)22-12-15-6-8-16(9-7-15)18(25)24(3)4/h6-11,13,26H,5,12,14H2,1-4H3,(H2,21,22,23). The van der Waals surface area contributed by atoms with Crippen molar-refractivity contribution in [2.24, 2.45) is 4.99 Å². The number of thiophene rings is 1. The average Bonchev–Trinajstić information content (AvgIpc) is 3.19. The number of aliphatic hydroxyl groups is 1. The lowest BCUT2D eigenvalue weighted by atomic mass is 9.99. The van der Waals surface area contributed by atoms with Crippen molar-refractivity contribution < 1.29 is 9.90 Å². The first kappa shape index (κ1) is 20.9. The van der Waals surface area contributed by atoms with Crippen LogP contribution >= 0.6 is 11.3 Å². The molecule has 0 aliphatic heterocycles. The third-order valence-electron chi connectivity index (χ3n) is 4.11. The lowest BCUT2D eigenvalue weighted by Crippen LogP contribution is -2.44. The van der Waals surface area contributed by atoms with Gasteiger partial charge in [0, 0.05) is 26.2 Å². The Labute approximate surface area is 164 Å². The van der Waals surface area contributed by atoms with Gasteiger partial charge in [-0.1, -0.05) is 12.1 Å². The number of nitrogens with zero attached hydrogens (tertiary/aromatic N) is 2. The number of nitrogens with one attached hydrogen (secondary N) is 2.